The molecule has 5 nitrogen and oxygen atoms in total. The molecule has 0 aliphatic rings. The van der Waals surface area contributed by atoms with Crippen molar-refractivity contribution in [1.29, 1.82) is 5.41 Å². The third-order valence-corrected chi connectivity index (χ3v) is 1.83. The lowest BCUT2D eigenvalue weighted by Gasteiger charge is -2.02. The van der Waals surface area contributed by atoms with Gasteiger partial charge in [0.25, 0.3) is 0 Å². The topological polar surface area (TPSA) is 88.8 Å². The van der Waals surface area contributed by atoms with Crippen LogP contribution in [0, 0.1) is 5.41 Å². The van der Waals surface area contributed by atoms with Gasteiger partial charge in [0.05, 0.1) is 18.1 Å². The molecule has 14 heavy (non-hydrogen) atoms. The maximum atomic E-state index is 7.10. The van der Waals surface area contributed by atoms with Crippen molar-refractivity contribution >= 4 is 11.9 Å². The SMILES string of the molecule is N=Cc1cnnc(-c2ccco2)c1N. The van der Waals surface area contributed by atoms with Crippen molar-refractivity contribution in [3.05, 3.63) is 30.2 Å². The Bertz CT molecular complexity index is 450. The molecule has 2 aromatic heterocycles. The van der Waals surface area contributed by atoms with Crippen LogP contribution in [0.1, 0.15) is 5.56 Å². The lowest BCUT2D eigenvalue weighted by molar-refractivity contribution is 0.579. The molecule has 0 aliphatic carbocycles. The van der Waals surface area contributed by atoms with Gasteiger partial charge in [0.15, 0.2) is 11.5 Å². The number of nitrogens with zero attached hydrogens (tertiary/aromatic N) is 2. The van der Waals surface area contributed by atoms with Gasteiger partial charge in [-0.15, -0.1) is 5.10 Å². The first-order valence-corrected chi connectivity index (χ1v) is 3.98. The van der Waals surface area contributed by atoms with Gasteiger partial charge in [0.1, 0.15) is 0 Å². The van der Waals surface area contributed by atoms with Crippen LogP contribution in [0.4, 0.5) is 5.69 Å². The van der Waals surface area contributed by atoms with E-state index in [2.05, 4.69) is 10.2 Å². The van der Waals surface area contributed by atoms with Crippen molar-refractivity contribution in [2.75, 3.05) is 5.73 Å². The molecule has 70 valence electrons. The molecule has 2 rings (SSSR count). The first kappa shape index (κ1) is 8.43. The highest BCUT2D eigenvalue weighted by atomic mass is 16.3. The van der Waals surface area contributed by atoms with Crippen molar-refractivity contribution in [1.82, 2.24) is 10.2 Å². The largest absolute Gasteiger partial charge is 0.463 e. The van der Waals surface area contributed by atoms with Crippen LogP contribution >= 0.6 is 0 Å². The lowest BCUT2D eigenvalue weighted by atomic mass is 10.2. The molecule has 2 aromatic rings. The molecule has 0 aliphatic heterocycles. The molecule has 0 spiro atoms. The highest BCUT2D eigenvalue weighted by molar-refractivity contribution is 5.89. The number of furan rings is 1. The van der Waals surface area contributed by atoms with E-state index in [0.717, 1.165) is 6.21 Å². The summed E-state index contributed by atoms with van der Waals surface area (Å²) in [4.78, 5) is 0. The van der Waals surface area contributed by atoms with Gasteiger partial charge in [0, 0.05) is 11.8 Å². The van der Waals surface area contributed by atoms with Crippen molar-refractivity contribution in [3.8, 4) is 11.5 Å². The minimum absolute atomic E-state index is 0.407. The van der Waals surface area contributed by atoms with E-state index in [1.807, 2.05) is 0 Å². The lowest BCUT2D eigenvalue weighted by Crippen LogP contribution is -2.00. The number of rotatable bonds is 2. The van der Waals surface area contributed by atoms with Gasteiger partial charge in [-0.05, 0) is 12.1 Å². The van der Waals surface area contributed by atoms with Crippen LogP contribution in [-0.2, 0) is 0 Å². The van der Waals surface area contributed by atoms with Gasteiger partial charge < -0.3 is 15.6 Å². The number of nitrogens with one attached hydrogen (secondary N) is 1. The van der Waals surface area contributed by atoms with Gasteiger partial charge in [0.2, 0.25) is 0 Å². The predicted octanol–water partition coefficient (Wildman–Crippen LogP) is 1.32. The van der Waals surface area contributed by atoms with Crippen LogP contribution in [-0.4, -0.2) is 16.4 Å². The van der Waals surface area contributed by atoms with Gasteiger partial charge in [-0.2, -0.15) is 5.10 Å². The number of aromatic nitrogens is 2. The second kappa shape index (κ2) is 3.29. The summed E-state index contributed by atoms with van der Waals surface area (Å²) < 4.78 is 5.14. The van der Waals surface area contributed by atoms with E-state index in [1.54, 1.807) is 12.1 Å². The summed E-state index contributed by atoms with van der Waals surface area (Å²) in [5.41, 5.74) is 7.18. The van der Waals surface area contributed by atoms with Crippen molar-refractivity contribution < 1.29 is 4.42 Å². The highest BCUT2D eigenvalue weighted by Gasteiger charge is 2.10. The Morgan fingerprint density at radius 1 is 1.50 bits per heavy atom. The summed E-state index contributed by atoms with van der Waals surface area (Å²) in [5, 5.41) is 14.7. The Kier molecular flexibility index (Phi) is 1.98. The van der Waals surface area contributed by atoms with E-state index in [9.17, 15) is 0 Å². The van der Waals surface area contributed by atoms with E-state index >= 15 is 0 Å². The van der Waals surface area contributed by atoms with Crippen LogP contribution in [0.15, 0.2) is 29.0 Å². The van der Waals surface area contributed by atoms with Crippen LogP contribution < -0.4 is 5.73 Å². The van der Waals surface area contributed by atoms with Gasteiger partial charge in [-0.25, -0.2) is 0 Å². The van der Waals surface area contributed by atoms with Crippen LogP contribution in [0.2, 0.25) is 0 Å². The van der Waals surface area contributed by atoms with Crippen LogP contribution in [0.3, 0.4) is 0 Å². The third kappa shape index (κ3) is 1.24. The maximum Gasteiger partial charge on any atom is 0.156 e. The van der Waals surface area contributed by atoms with E-state index in [-0.39, 0.29) is 0 Å². The Hall–Kier alpha value is -2.17. The number of nitrogen functional groups attached to an aromatic ring is 1. The van der Waals surface area contributed by atoms with E-state index in [0.29, 0.717) is 22.7 Å². The molecule has 0 unspecified atom stereocenters. The van der Waals surface area contributed by atoms with Gasteiger partial charge in [-0.1, -0.05) is 0 Å². The van der Waals surface area contributed by atoms with E-state index < -0.39 is 0 Å². The maximum absolute atomic E-state index is 7.10. The summed E-state index contributed by atoms with van der Waals surface area (Å²) in [7, 11) is 0. The molecule has 0 saturated carbocycles. The standard InChI is InChI=1S/C9H8N4O/c10-4-6-5-12-13-9(8(6)11)7-2-1-3-14-7/h1-5,10H,(H2,11,12). The van der Waals surface area contributed by atoms with Crippen LogP contribution in [0.5, 0.6) is 0 Å². The molecular weight excluding hydrogens is 180 g/mol. The number of hydrogen-bond acceptors (Lipinski definition) is 5. The van der Waals surface area contributed by atoms with Crippen molar-refractivity contribution in [2.24, 2.45) is 0 Å². The van der Waals surface area contributed by atoms with E-state index in [1.165, 1.54) is 12.5 Å². The summed E-state index contributed by atoms with van der Waals surface area (Å²) in [6.45, 7) is 0. The van der Waals surface area contributed by atoms with Crippen LogP contribution in [0.25, 0.3) is 11.5 Å². The first-order chi connectivity index (χ1) is 6.83. The van der Waals surface area contributed by atoms with Gasteiger partial charge in [-0.3, -0.25) is 0 Å². The fourth-order valence-corrected chi connectivity index (χ4v) is 1.12. The smallest absolute Gasteiger partial charge is 0.156 e. The van der Waals surface area contributed by atoms with Crippen molar-refractivity contribution in [2.45, 2.75) is 0 Å². The molecule has 0 bridgehead atoms. The molecule has 0 saturated heterocycles. The molecule has 5 heteroatoms. The molecule has 0 aromatic carbocycles. The predicted molar refractivity (Wildman–Crippen MR) is 52.0 cm³/mol. The zero-order valence-corrected chi connectivity index (χ0v) is 7.27. The second-order valence-corrected chi connectivity index (χ2v) is 2.68. The summed E-state index contributed by atoms with van der Waals surface area (Å²) in [5.74, 6) is 0.554. The van der Waals surface area contributed by atoms with Crippen molar-refractivity contribution in [3.63, 3.8) is 0 Å². The highest BCUT2D eigenvalue weighted by Crippen LogP contribution is 2.24. The normalized spacial score (nSPS) is 10.0. The van der Waals surface area contributed by atoms with E-state index in [4.69, 9.17) is 15.6 Å². The molecule has 3 N–H and O–H groups in total. The molecule has 0 atom stereocenters. The third-order valence-electron chi connectivity index (χ3n) is 1.83. The molecular formula is C9H8N4O. The van der Waals surface area contributed by atoms with Gasteiger partial charge >= 0.3 is 0 Å². The average molecular weight is 188 g/mol. The fraction of sp³-hybridized carbons (Fsp3) is 0. The Morgan fingerprint density at radius 3 is 3.00 bits per heavy atom. The quantitative estimate of drug-likeness (QED) is 0.695. The summed E-state index contributed by atoms with van der Waals surface area (Å²) >= 11 is 0. The number of hydrogen-bond donors (Lipinski definition) is 2. The average Bonchev–Trinajstić information content (AvgIpc) is 2.71. The minimum atomic E-state index is 0.407. The summed E-state index contributed by atoms with van der Waals surface area (Å²) in [6.07, 6.45) is 4.11. The monoisotopic (exact) mass is 188 g/mol. The Morgan fingerprint density at radius 2 is 2.36 bits per heavy atom. The zero-order valence-electron chi connectivity index (χ0n) is 7.27. The fourth-order valence-electron chi connectivity index (χ4n) is 1.12. The molecule has 2 heterocycles. The number of nitrogens with two attached hydrogens (primary N) is 1. The summed E-state index contributed by atoms with van der Waals surface area (Å²) in [6, 6.07) is 3.49. The Labute approximate surface area is 80.1 Å². The molecule has 0 radical (unpaired) electrons. The first-order valence-electron chi connectivity index (χ1n) is 3.98. The second-order valence-electron chi connectivity index (χ2n) is 2.68. The number of anilines is 1. The zero-order chi connectivity index (χ0) is 9.97. The Balaban J connectivity index is 2.60. The molecule has 0 fully saturated rings. The minimum Gasteiger partial charge on any atom is -0.463 e. The molecule has 0 amide bonds.